The van der Waals surface area contributed by atoms with E-state index < -0.39 is 0 Å². The lowest BCUT2D eigenvalue weighted by Crippen LogP contribution is -2.25. The minimum Gasteiger partial charge on any atom is -0.487 e. The number of ether oxygens (including phenoxy) is 1. The molecule has 1 aliphatic heterocycles. The first-order valence-corrected chi connectivity index (χ1v) is 6.66. The Morgan fingerprint density at radius 1 is 1.44 bits per heavy atom. The number of para-hydroxylation sites is 1. The highest BCUT2D eigenvalue weighted by Gasteiger charge is 2.31. The quantitative estimate of drug-likeness (QED) is 0.787. The number of nitrogens with one attached hydrogen (secondary N) is 1. The molecule has 0 aliphatic carbocycles. The lowest BCUT2D eigenvalue weighted by atomic mass is 10.0. The van der Waals surface area contributed by atoms with Gasteiger partial charge in [0.05, 0.1) is 6.10 Å². The summed E-state index contributed by atoms with van der Waals surface area (Å²) in [6, 6.07) is 6.34. The molecular formula is C15H23NO2. The SMILES string of the molecule is CC(O)CCNCc1cccc2c1OC(C)(C)C2. The smallest absolute Gasteiger partial charge is 0.127 e. The molecule has 0 fully saturated rings. The fraction of sp³-hybridized carbons (Fsp3) is 0.600. The summed E-state index contributed by atoms with van der Waals surface area (Å²) in [5.74, 6) is 1.05. The zero-order valence-electron chi connectivity index (χ0n) is 11.5. The van der Waals surface area contributed by atoms with E-state index in [1.165, 1.54) is 11.1 Å². The second-order valence-corrected chi connectivity index (χ2v) is 5.76. The largest absolute Gasteiger partial charge is 0.487 e. The number of hydrogen-bond acceptors (Lipinski definition) is 3. The molecule has 1 aliphatic rings. The van der Waals surface area contributed by atoms with Crippen molar-refractivity contribution in [3.05, 3.63) is 29.3 Å². The van der Waals surface area contributed by atoms with E-state index in [1.54, 1.807) is 0 Å². The lowest BCUT2D eigenvalue weighted by molar-refractivity contribution is 0.137. The summed E-state index contributed by atoms with van der Waals surface area (Å²) >= 11 is 0. The van der Waals surface area contributed by atoms with Crippen LogP contribution in [0.2, 0.25) is 0 Å². The Balaban J connectivity index is 1.97. The molecule has 1 aromatic carbocycles. The van der Waals surface area contributed by atoms with Crippen LogP contribution in [-0.4, -0.2) is 23.4 Å². The minimum absolute atomic E-state index is 0.0853. The van der Waals surface area contributed by atoms with Crippen LogP contribution in [0.3, 0.4) is 0 Å². The Bertz CT molecular complexity index is 413. The van der Waals surface area contributed by atoms with Crippen molar-refractivity contribution in [2.75, 3.05) is 6.54 Å². The molecule has 0 radical (unpaired) electrons. The third-order valence-electron chi connectivity index (χ3n) is 3.23. The van der Waals surface area contributed by atoms with E-state index in [2.05, 4.69) is 37.4 Å². The van der Waals surface area contributed by atoms with Gasteiger partial charge in [0, 0.05) is 18.5 Å². The van der Waals surface area contributed by atoms with Gasteiger partial charge in [0.2, 0.25) is 0 Å². The number of aliphatic hydroxyl groups is 1. The molecule has 0 spiro atoms. The zero-order valence-corrected chi connectivity index (χ0v) is 11.5. The van der Waals surface area contributed by atoms with E-state index in [0.717, 1.165) is 31.7 Å². The average molecular weight is 249 g/mol. The third kappa shape index (κ3) is 3.24. The summed E-state index contributed by atoms with van der Waals surface area (Å²) in [7, 11) is 0. The van der Waals surface area contributed by atoms with Gasteiger partial charge < -0.3 is 15.2 Å². The standard InChI is InChI=1S/C15H23NO2/c1-11(17)7-8-16-10-13-6-4-5-12-9-15(2,3)18-14(12)13/h4-6,11,16-17H,7-10H2,1-3H3. The topological polar surface area (TPSA) is 41.5 Å². The van der Waals surface area contributed by atoms with Gasteiger partial charge in [-0.05, 0) is 39.3 Å². The molecule has 0 bridgehead atoms. The summed E-state index contributed by atoms with van der Waals surface area (Å²) in [5, 5.41) is 12.6. The van der Waals surface area contributed by atoms with Gasteiger partial charge in [-0.15, -0.1) is 0 Å². The van der Waals surface area contributed by atoms with Crippen molar-refractivity contribution in [2.24, 2.45) is 0 Å². The van der Waals surface area contributed by atoms with Crippen LogP contribution < -0.4 is 10.1 Å². The molecule has 1 unspecified atom stereocenters. The van der Waals surface area contributed by atoms with Crippen LogP contribution in [0.5, 0.6) is 5.75 Å². The predicted octanol–water partition coefficient (Wildman–Crippen LogP) is 2.26. The van der Waals surface area contributed by atoms with Gasteiger partial charge in [-0.25, -0.2) is 0 Å². The van der Waals surface area contributed by atoms with E-state index >= 15 is 0 Å². The molecule has 1 atom stereocenters. The summed E-state index contributed by atoms with van der Waals surface area (Å²) in [4.78, 5) is 0. The summed E-state index contributed by atoms with van der Waals surface area (Å²) in [6.07, 6.45) is 1.51. The number of hydrogen-bond donors (Lipinski definition) is 2. The molecule has 100 valence electrons. The van der Waals surface area contributed by atoms with E-state index in [4.69, 9.17) is 4.74 Å². The average Bonchev–Trinajstić information content (AvgIpc) is 2.58. The molecule has 0 saturated carbocycles. The van der Waals surface area contributed by atoms with Crippen molar-refractivity contribution >= 4 is 0 Å². The van der Waals surface area contributed by atoms with Gasteiger partial charge in [0.15, 0.2) is 0 Å². The maximum Gasteiger partial charge on any atom is 0.127 e. The van der Waals surface area contributed by atoms with Crippen molar-refractivity contribution in [2.45, 2.75) is 51.9 Å². The minimum atomic E-state index is -0.242. The van der Waals surface area contributed by atoms with Gasteiger partial charge in [-0.1, -0.05) is 18.2 Å². The molecule has 2 N–H and O–H groups in total. The summed E-state index contributed by atoms with van der Waals surface area (Å²) in [5.41, 5.74) is 2.43. The highest BCUT2D eigenvalue weighted by atomic mass is 16.5. The van der Waals surface area contributed by atoms with Crippen molar-refractivity contribution in [1.29, 1.82) is 0 Å². The fourth-order valence-electron chi connectivity index (χ4n) is 2.35. The van der Waals surface area contributed by atoms with Crippen LogP contribution in [-0.2, 0) is 13.0 Å². The molecule has 2 rings (SSSR count). The molecule has 3 heteroatoms. The highest BCUT2D eigenvalue weighted by molar-refractivity contribution is 5.45. The number of fused-ring (bicyclic) bond motifs is 1. The monoisotopic (exact) mass is 249 g/mol. The predicted molar refractivity (Wildman–Crippen MR) is 72.9 cm³/mol. The Labute approximate surface area is 109 Å². The van der Waals surface area contributed by atoms with E-state index in [0.29, 0.717) is 0 Å². The van der Waals surface area contributed by atoms with Crippen LogP contribution in [0.1, 0.15) is 38.3 Å². The summed E-state index contributed by atoms with van der Waals surface area (Å²) < 4.78 is 6.01. The Morgan fingerprint density at radius 2 is 2.22 bits per heavy atom. The second kappa shape index (κ2) is 5.29. The van der Waals surface area contributed by atoms with Gasteiger partial charge in [0.1, 0.15) is 11.4 Å². The first kappa shape index (κ1) is 13.4. The number of benzene rings is 1. The Morgan fingerprint density at radius 3 is 2.94 bits per heavy atom. The van der Waals surface area contributed by atoms with Crippen LogP contribution in [0.4, 0.5) is 0 Å². The molecular weight excluding hydrogens is 226 g/mol. The molecule has 0 saturated heterocycles. The molecule has 0 amide bonds. The molecule has 1 heterocycles. The number of aliphatic hydroxyl groups excluding tert-OH is 1. The van der Waals surface area contributed by atoms with Crippen molar-refractivity contribution < 1.29 is 9.84 Å². The first-order chi connectivity index (χ1) is 8.48. The van der Waals surface area contributed by atoms with Crippen LogP contribution in [0, 0.1) is 0 Å². The van der Waals surface area contributed by atoms with Crippen LogP contribution in [0.15, 0.2) is 18.2 Å². The molecule has 0 aromatic heterocycles. The van der Waals surface area contributed by atoms with Crippen LogP contribution in [0.25, 0.3) is 0 Å². The van der Waals surface area contributed by atoms with E-state index in [-0.39, 0.29) is 11.7 Å². The van der Waals surface area contributed by atoms with Gasteiger partial charge in [-0.2, -0.15) is 0 Å². The maximum atomic E-state index is 9.21. The summed E-state index contributed by atoms with van der Waals surface area (Å²) in [6.45, 7) is 7.68. The van der Waals surface area contributed by atoms with E-state index in [9.17, 15) is 5.11 Å². The molecule has 18 heavy (non-hydrogen) atoms. The molecule has 1 aromatic rings. The van der Waals surface area contributed by atoms with Gasteiger partial charge in [0.25, 0.3) is 0 Å². The van der Waals surface area contributed by atoms with Gasteiger partial charge >= 0.3 is 0 Å². The maximum absolute atomic E-state index is 9.21. The van der Waals surface area contributed by atoms with Gasteiger partial charge in [-0.3, -0.25) is 0 Å². The van der Waals surface area contributed by atoms with Crippen molar-refractivity contribution in [3.63, 3.8) is 0 Å². The second-order valence-electron chi connectivity index (χ2n) is 5.76. The van der Waals surface area contributed by atoms with Crippen molar-refractivity contribution in [1.82, 2.24) is 5.32 Å². The fourth-order valence-corrected chi connectivity index (χ4v) is 2.35. The Kier molecular flexibility index (Phi) is 3.93. The van der Waals surface area contributed by atoms with Crippen LogP contribution >= 0.6 is 0 Å². The Hall–Kier alpha value is -1.06. The molecule has 3 nitrogen and oxygen atoms in total. The third-order valence-corrected chi connectivity index (χ3v) is 3.23. The number of rotatable bonds is 5. The van der Waals surface area contributed by atoms with Crippen molar-refractivity contribution in [3.8, 4) is 5.75 Å². The zero-order chi connectivity index (χ0) is 13.2. The lowest BCUT2D eigenvalue weighted by Gasteiger charge is -2.18. The highest BCUT2D eigenvalue weighted by Crippen LogP contribution is 2.37. The first-order valence-electron chi connectivity index (χ1n) is 6.66. The van der Waals surface area contributed by atoms with E-state index in [1.807, 2.05) is 6.92 Å². The normalized spacial score (nSPS) is 18.2.